The first-order valence-corrected chi connectivity index (χ1v) is 11.9. The average molecular weight is 512 g/mol. The lowest BCUT2D eigenvalue weighted by atomic mass is 10.0. The summed E-state index contributed by atoms with van der Waals surface area (Å²) in [7, 11) is 3.96. The Morgan fingerprint density at radius 3 is 2.63 bits per heavy atom. The van der Waals surface area contributed by atoms with E-state index in [9.17, 15) is 8.78 Å². The smallest absolute Gasteiger partial charge is 0.160 e. The number of H-pyrrole nitrogens is 2. The molecule has 0 saturated carbocycles. The Labute approximate surface area is 216 Å². The van der Waals surface area contributed by atoms with E-state index in [2.05, 4.69) is 35.5 Å². The minimum Gasteiger partial charge on any atom is -0.384 e. The predicted molar refractivity (Wildman–Crippen MR) is 142 cm³/mol. The maximum atomic E-state index is 15.0. The third kappa shape index (κ3) is 4.43. The van der Waals surface area contributed by atoms with Gasteiger partial charge in [0.2, 0.25) is 0 Å². The molecule has 0 radical (unpaired) electrons. The molecule has 9 nitrogen and oxygen atoms in total. The monoisotopic (exact) mass is 511 g/mol. The standard InChI is InChI=1S/C27H23F2N9/c1-38(2)6-5-32-19-8-16(7-18(28)11-19)20-3-4-33-26-24(20)34-27(35-26)25-21-9-15(17-12-30-14-31-13-17)10-22(29)23(21)36-37-25/h3-4,7-14,32H,5-6H2,1-2H3,(H,36,37)(H,33,34,35). The van der Waals surface area contributed by atoms with Crippen LogP contribution in [-0.4, -0.2) is 67.2 Å². The van der Waals surface area contributed by atoms with E-state index in [1.807, 2.05) is 31.1 Å². The Balaban J connectivity index is 1.43. The summed E-state index contributed by atoms with van der Waals surface area (Å²) in [6, 6.07) is 9.84. The predicted octanol–water partition coefficient (Wildman–Crippen LogP) is 4.88. The van der Waals surface area contributed by atoms with Gasteiger partial charge in [0.15, 0.2) is 11.5 Å². The number of likely N-dealkylation sites (N-methyl/N-ethyl adjacent to an activating group) is 1. The van der Waals surface area contributed by atoms with E-state index in [0.717, 1.165) is 6.54 Å². The number of rotatable bonds is 7. The van der Waals surface area contributed by atoms with Gasteiger partial charge in [-0.2, -0.15) is 5.10 Å². The second-order valence-corrected chi connectivity index (χ2v) is 9.18. The Morgan fingerprint density at radius 1 is 0.974 bits per heavy atom. The molecule has 4 heterocycles. The number of benzene rings is 2. The van der Waals surface area contributed by atoms with Crippen LogP contribution >= 0.6 is 0 Å². The normalized spacial score (nSPS) is 11.6. The molecule has 0 fully saturated rings. The summed E-state index contributed by atoms with van der Waals surface area (Å²) in [5, 5.41) is 10.9. The molecule has 6 aromatic rings. The van der Waals surface area contributed by atoms with Crippen LogP contribution in [-0.2, 0) is 0 Å². The quantitative estimate of drug-likeness (QED) is 0.280. The van der Waals surface area contributed by atoms with Crippen LogP contribution < -0.4 is 5.32 Å². The molecule has 0 aliphatic heterocycles. The first-order chi connectivity index (χ1) is 18.5. The zero-order valence-corrected chi connectivity index (χ0v) is 20.6. The second-order valence-electron chi connectivity index (χ2n) is 9.18. The third-order valence-electron chi connectivity index (χ3n) is 6.22. The summed E-state index contributed by atoms with van der Waals surface area (Å²) in [5.41, 5.74) is 5.09. The Hall–Kier alpha value is -4.77. The number of imidazole rings is 1. The van der Waals surface area contributed by atoms with Crippen molar-refractivity contribution in [3.8, 4) is 33.8 Å². The largest absolute Gasteiger partial charge is 0.384 e. The van der Waals surface area contributed by atoms with Gasteiger partial charge in [-0.25, -0.2) is 28.7 Å². The highest BCUT2D eigenvalue weighted by molar-refractivity contribution is 5.97. The van der Waals surface area contributed by atoms with Crippen LogP contribution in [0.5, 0.6) is 0 Å². The van der Waals surface area contributed by atoms with Gasteiger partial charge in [0.25, 0.3) is 0 Å². The summed E-state index contributed by atoms with van der Waals surface area (Å²) in [6.45, 7) is 1.49. The highest BCUT2D eigenvalue weighted by atomic mass is 19.1. The zero-order chi connectivity index (χ0) is 26.2. The van der Waals surface area contributed by atoms with Crippen LogP contribution in [0.3, 0.4) is 0 Å². The van der Waals surface area contributed by atoms with Crippen LogP contribution in [0.25, 0.3) is 55.8 Å². The van der Waals surface area contributed by atoms with Crippen LogP contribution in [0.1, 0.15) is 0 Å². The first-order valence-electron chi connectivity index (χ1n) is 11.9. The fourth-order valence-corrected chi connectivity index (χ4v) is 4.40. The van der Waals surface area contributed by atoms with Crippen LogP contribution in [0.15, 0.2) is 61.3 Å². The lowest BCUT2D eigenvalue weighted by molar-refractivity contribution is 0.425. The van der Waals surface area contributed by atoms with Gasteiger partial charge in [-0.3, -0.25) is 5.10 Å². The van der Waals surface area contributed by atoms with Crippen LogP contribution in [0, 0.1) is 11.6 Å². The zero-order valence-electron chi connectivity index (χ0n) is 20.6. The van der Waals surface area contributed by atoms with Crippen LogP contribution in [0.4, 0.5) is 14.5 Å². The van der Waals surface area contributed by atoms with Crippen molar-refractivity contribution in [2.75, 3.05) is 32.5 Å². The Bertz CT molecular complexity index is 1760. The van der Waals surface area contributed by atoms with E-state index in [0.29, 0.717) is 62.6 Å². The third-order valence-corrected chi connectivity index (χ3v) is 6.22. The molecular weight excluding hydrogens is 488 g/mol. The molecule has 0 spiro atoms. The second kappa shape index (κ2) is 9.60. The van der Waals surface area contributed by atoms with Crippen molar-refractivity contribution in [2.24, 2.45) is 0 Å². The highest BCUT2D eigenvalue weighted by Gasteiger charge is 2.19. The van der Waals surface area contributed by atoms with Crippen molar-refractivity contribution < 1.29 is 8.78 Å². The fourth-order valence-electron chi connectivity index (χ4n) is 4.40. The molecule has 0 aliphatic rings. The van der Waals surface area contributed by atoms with Gasteiger partial charge < -0.3 is 15.2 Å². The molecule has 0 bridgehead atoms. The molecule has 4 aromatic heterocycles. The molecular formula is C27H23F2N9. The van der Waals surface area contributed by atoms with Crippen molar-refractivity contribution in [1.82, 2.24) is 40.0 Å². The molecule has 0 amide bonds. The van der Waals surface area contributed by atoms with E-state index in [-0.39, 0.29) is 11.3 Å². The molecule has 0 aliphatic carbocycles. The van der Waals surface area contributed by atoms with Crippen molar-refractivity contribution in [1.29, 1.82) is 0 Å². The summed E-state index contributed by atoms with van der Waals surface area (Å²) in [5.74, 6) is -0.404. The maximum Gasteiger partial charge on any atom is 0.160 e. The van der Waals surface area contributed by atoms with Crippen molar-refractivity contribution >= 4 is 27.8 Å². The molecule has 38 heavy (non-hydrogen) atoms. The molecule has 11 heteroatoms. The van der Waals surface area contributed by atoms with Gasteiger partial charge >= 0.3 is 0 Å². The van der Waals surface area contributed by atoms with Gasteiger partial charge in [0.1, 0.15) is 34.7 Å². The molecule has 0 atom stereocenters. The minimum absolute atomic E-state index is 0.257. The van der Waals surface area contributed by atoms with Crippen molar-refractivity contribution in [3.63, 3.8) is 0 Å². The van der Waals surface area contributed by atoms with Gasteiger partial charge in [0.05, 0.1) is 0 Å². The number of aromatic nitrogens is 7. The lowest BCUT2D eigenvalue weighted by Gasteiger charge is -2.12. The molecule has 0 unspecified atom stereocenters. The van der Waals surface area contributed by atoms with E-state index >= 15 is 0 Å². The van der Waals surface area contributed by atoms with Gasteiger partial charge in [-0.15, -0.1) is 0 Å². The minimum atomic E-state index is -0.455. The Kier molecular flexibility index (Phi) is 5.97. The highest BCUT2D eigenvalue weighted by Crippen LogP contribution is 2.34. The summed E-state index contributed by atoms with van der Waals surface area (Å²) < 4.78 is 29.5. The SMILES string of the molecule is CN(C)CCNc1cc(F)cc(-c2ccnc3[nH]c(-c4n[nH]c5c(F)cc(-c6cncnc6)cc45)nc23)c1. The number of nitrogens with one attached hydrogen (secondary N) is 3. The molecule has 0 saturated heterocycles. The fraction of sp³-hybridized carbons (Fsp3) is 0.148. The lowest BCUT2D eigenvalue weighted by Crippen LogP contribution is -2.20. The summed E-state index contributed by atoms with van der Waals surface area (Å²) >= 11 is 0. The Morgan fingerprint density at radius 2 is 1.82 bits per heavy atom. The topological polar surface area (TPSA) is 111 Å². The van der Waals surface area contributed by atoms with Gasteiger partial charge in [-0.05, 0) is 61.6 Å². The van der Waals surface area contributed by atoms with E-state index in [4.69, 9.17) is 4.98 Å². The number of nitrogens with zero attached hydrogens (tertiary/aromatic N) is 6. The maximum absolute atomic E-state index is 15.0. The average Bonchev–Trinajstić information content (AvgIpc) is 3.53. The van der Waals surface area contributed by atoms with Crippen molar-refractivity contribution in [3.05, 3.63) is 73.0 Å². The number of hydrogen-bond donors (Lipinski definition) is 3. The van der Waals surface area contributed by atoms with Crippen LogP contribution in [0.2, 0.25) is 0 Å². The van der Waals surface area contributed by atoms with Gasteiger partial charge in [0, 0.05) is 53.9 Å². The number of hydrogen-bond acceptors (Lipinski definition) is 7. The number of anilines is 1. The molecule has 2 aromatic carbocycles. The molecule has 6 rings (SSSR count). The summed E-state index contributed by atoms with van der Waals surface area (Å²) in [6.07, 6.45) is 6.29. The number of halogens is 2. The number of pyridine rings is 1. The van der Waals surface area contributed by atoms with Crippen molar-refractivity contribution in [2.45, 2.75) is 0 Å². The van der Waals surface area contributed by atoms with Gasteiger partial charge in [-0.1, -0.05) is 0 Å². The van der Waals surface area contributed by atoms with E-state index < -0.39 is 5.82 Å². The first kappa shape index (κ1) is 23.6. The van der Waals surface area contributed by atoms with E-state index in [1.54, 1.807) is 24.7 Å². The number of aromatic amines is 2. The number of fused-ring (bicyclic) bond motifs is 2. The molecule has 190 valence electrons. The van der Waals surface area contributed by atoms with E-state index in [1.165, 1.54) is 24.5 Å². The molecule has 3 N–H and O–H groups in total. The summed E-state index contributed by atoms with van der Waals surface area (Å²) in [4.78, 5) is 22.5.